The highest BCUT2D eigenvalue weighted by molar-refractivity contribution is 6.07. The van der Waals surface area contributed by atoms with Crippen LogP contribution in [0.15, 0.2) is 30.5 Å². The maximum absolute atomic E-state index is 13.5. The number of aromatic nitrogens is 6. The number of pyridine rings is 2. The Kier molecular flexibility index (Phi) is 4.80. The molecule has 1 fully saturated rings. The summed E-state index contributed by atoms with van der Waals surface area (Å²) in [6.45, 7) is 7.91. The topological polar surface area (TPSA) is 90.5 Å². The van der Waals surface area contributed by atoms with Crippen molar-refractivity contribution in [2.45, 2.75) is 52.5 Å². The molecule has 0 saturated heterocycles. The van der Waals surface area contributed by atoms with Crippen molar-refractivity contribution in [3.63, 3.8) is 0 Å². The third-order valence-electron chi connectivity index (χ3n) is 6.28. The van der Waals surface area contributed by atoms with Gasteiger partial charge in [-0.05, 0) is 58.7 Å². The molecule has 32 heavy (non-hydrogen) atoms. The molecule has 4 aromatic heterocycles. The van der Waals surface area contributed by atoms with Gasteiger partial charge in [0.15, 0.2) is 11.5 Å². The fourth-order valence-corrected chi connectivity index (χ4v) is 4.48. The van der Waals surface area contributed by atoms with Crippen molar-refractivity contribution >= 4 is 16.9 Å². The van der Waals surface area contributed by atoms with Crippen LogP contribution in [0.1, 0.15) is 70.4 Å². The molecular weight excluding hydrogens is 402 g/mol. The monoisotopic (exact) mass is 429 g/mol. The summed E-state index contributed by atoms with van der Waals surface area (Å²) in [7, 11) is 1.92. The number of hydrogen-bond donors (Lipinski definition) is 1. The molecule has 1 unspecified atom stereocenters. The average Bonchev–Trinajstić information content (AvgIpc) is 3.52. The van der Waals surface area contributed by atoms with E-state index in [2.05, 4.69) is 15.4 Å². The number of nitrogens with one attached hydrogen (secondary N) is 1. The molecule has 0 spiro atoms. The van der Waals surface area contributed by atoms with Gasteiger partial charge in [0.05, 0.1) is 28.4 Å². The maximum Gasteiger partial charge on any atom is 0.252 e. The summed E-state index contributed by atoms with van der Waals surface area (Å²) in [5.41, 5.74) is 6.02. The summed E-state index contributed by atoms with van der Waals surface area (Å²) < 4.78 is 3.59. The van der Waals surface area contributed by atoms with Gasteiger partial charge in [-0.1, -0.05) is 6.07 Å². The summed E-state index contributed by atoms with van der Waals surface area (Å²) in [5.74, 6) is 0.962. The van der Waals surface area contributed by atoms with E-state index in [1.807, 2.05) is 63.7 Å². The van der Waals surface area contributed by atoms with Crippen molar-refractivity contribution in [1.82, 2.24) is 34.8 Å². The number of fused-ring (bicyclic) bond motifs is 1. The SMILES string of the molecule is Cc1nn(C)c(C)c1C(C)NC(=O)c1cc(C2CC2)nc2c1c(C)nn2-c1ccccn1. The molecule has 5 rings (SSSR count). The Morgan fingerprint density at radius 1 is 1.16 bits per heavy atom. The first-order valence-electron chi connectivity index (χ1n) is 11.0. The number of rotatable bonds is 5. The molecule has 0 aliphatic heterocycles. The zero-order valence-electron chi connectivity index (χ0n) is 19.0. The lowest BCUT2D eigenvalue weighted by Gasteiger charge is -2.16. The van der Waals surface area contributed by atoms with E-state index in [0.29, 0.717) is 22.9 Å². The molecule has 164 valence electrons. The third kappa shape index (κ3) is 3.36. The largest absolute Gasteiger partial charge is 0.345 e. The molecule has 1 atom stereocenters. The number of aryl methyl sites for hydroxylation is 3. The van der Waals surface area contributed by atoms with Gasteiger partial charge in [0, 0.05) is 36.1 Å². The molecule has 4 heterocycles. The molecule has 0 bridgehead atoms. The Morgan fingerprint density at radius 3 is 2.56 bits per heavy atom. The van der Waals surface area contributed by atoms with E-state index in [1.54, 1.807) is 10.9 Å². The summed E-state index contributed by atoms with van der Waals surface area (Å²) in [6, 6.07) is 7.46. The smallest absolute Gasteiger partial charge is 0.252 e. The lowest BCUT2D eigenvalue weighted by Crippen LogP contribution is -2.28. The van der Waals surface area contributed by atoms with Crippen LogP contribution in [0.2, 0.25) is 0 Å². The second-order valence-corrected chi connectivity index (χ2v) is 8.66. The summed E-state index contributed by atoms with van der Waals surface area (Å²) >= 11 is 0. The van der Waals surface area contributed by atoms with E-state index in [9.17, 15) is 4.79 Å². The van der Waals surface area contributed by atoms with Crippen LogP contribution in [0, 0.1) is 20.8 Å². The molecule has 8 nitrogen and oxygen atoms in total. The predicted molar refractivity (Wildman–Crippen MR) is 122 cm³/mol. The zero-order chi connectivity index (χ0) is 22.6. The molecule has 1 aliphatic carbocycles. The minimum absolute atomic E-state index is 0.127. The van der Waals surface area contributed by atoms with Crippen molar-refractivity contribution in [2.24, 2.45) is 7.05 Å². The number of hydrogen-bond acceptors (Lipinski definition) is 5. The van der Waals surface area contributed by atoms with Gasteiger partial charge in [0.2, 0.25) is 0 Å². The molecule has 4 aromatic rings. The van der Waals surface area contributed by atoms with E-state index in [1.165, 1.54) is 0 Å². The van der Waals surface area contributed by atoms with Crippen molar-refractivity contribution in [2.75, 3.05) is 0 Å². The Balaban J connectivity index is 1.60. The minimum Gasteiger partial charge on any atom is -0.345 e. The summed E-state index contributed by atoms with van der Waals surface area (Å²) in [4.78, 5) is 22.9. The second kappa shape index (κ2) is 7.55. The van der Waals surface area contributed by atoms with Gasteiger partial charge in [-0.3, -0.25) is 9.48 Å². The van der Waals surface area contributed by atoms with Crippen molar-refractivity contribution < 1.29 is 4.79 Å². The van der Waals surface area contributed by atoms with Crippen LogP contribution in [-0.4, -0.2) is 35.4 Å². The molecule has 8 heteroatoms. The lowest BCUT2D eigenvalue weighted by atomic mass is 10.0. The second-order valence-electron chi connectivity index (χ2n) is 8.66. The Morgan fingerprint density at radius 2 is 1.94 bits per heavy atom. The Labute approximate surface area is 186 Å². The average molecular weight is 430 g/mol. The van der Waals surface area contributed by atoms with Gasteiger partial charge in [-0.25, -0.2) is 9.97 Å². The normalized spacial score (nSPS) is 14.7. The van der Waals surface area contributed by atoms with Crippen molar-refractivity contribution in [1.29, 1.82) is 0 Å². The number of carbonyl (C=O) groups is 1. The van der Waals surface area contributed by atoms with Crippen molar-refractivity contribution in [3.05, 3.63) is 64.4 Å². The predicted octanol–water partition coefficient (Wildman–Crippen LogP) is 3.84. The molecular formula is C24H27N7O. The molecule has 0 aromatic carbocycles. The van der Waals surface area contributed by atoms with Gasteiger partial charge >= 0.3 is 0 Å². The quantitative estimate of drug-likeness (QED) is 0.520. The van der Waals surface area contributed by atoms with E-state index < -0.39 is 0 Å². The Bertz CT molecular complexity index is 1330. The molecule has 1 saturated carbocycles. The van der Waals surface area contributed by atoms with E-state index in [0.717, 1.165) is 46.6 Å². The number of carbonyl (C=O) groups excluding carboxylic acids is 1. The van der Waals surface area contributed by atoms with Gasteiger partial charge < -0.3 is 5.32 Å². The fraction of sp³-hybridized carbons (Fsp3) is 0.375. The highest BCUT2D eigenvalue weighted by Crippen LogP contribution is 2.40. The van der Waals surface area contributed by atoms with Gasteiger partial charge in [-0.2, -0.15) is 14.9 Å². The van der Waals surface area contributed by atoms with Crippen LogP contribution < -0.4 is 5.32 Å². The number of nitrogens with zero attached hydrogens (tertiary/aromatic N) is 6. The van der Waals surface area contributed by atoms with Crippen LogP contribution in [0.4, 0.5) is 0 Å². The van der Waals surface area contributed by atoms with Crippen LogP contribution >= 0.6 is 0 Å². The summed E-state index contributed by atoms with van der Waals surface area (Å²) in [6.07, 6.45) is 3.93. The molecule has 1 N–H and O–H groups in total. The van der Waals surface area contributed by atoms with Crippen LogP contribution in [0.25, 0.3) is 16.9 Å². The Hall–Kier alpha value is -3.55. The third-order valence-corrected chi connectivity index (χ3v) is 6.28. The van der Waals surface area contributed by atoms with Gasteiger partial charge in [-0.15, -0.1) is 0 Å². The fourth-order valence-electron chi connectivity index (χ4n) is 4.48. The first-order chi connectivity index (χ1) is 15.3. The maximum atomic E-state index is 13.5. The van der Waals surface area contributed by atoms with E-state index in [4.69, 9.17) is 10.1 Å². The zero-order valence-corrected chi connectivity index (χ0v) is 19.0. The van der Waals surface area contributed by atoms with Gasteiger partial charge in [0.25, 0.3) is 5.91 Å². The van der Waals surface area contributed by atoms with Crippen LogP contribution in [0.3, 0.4) is 0 Å². The lowest BCUT2D eigenvalue weighted by molar-refractivity contribution is 0.0941. The van der Waals surface area contributed by atoms with Crippen LogP contribution in [0.5, 0.6) is 0 Å². The highest BCUT2D eigenvalue weighted by Gasteiger charge is 2.30. The van der Waals surface area contributed by atoms with Crippen LogP contribution in [-0.2, 0) is 7.05 Å². The number of amides is 1. The van der Waals surface area contributed by atoms with E-state index in [-0.39, 0.29) is 11.9 Å². The highest BCUT2D eigenvalue weighted by atomic mass is 16.1. The van der Waals surface area contributed by atoms with Crippen molar-refractivity contribution in [3.8, 4) is 5.82 Å². The molecule has 0 radical (unpaired) electrons. The molecule has 1 aliphatic rings. The van der Waals surface area contributed by atoms with E-state index >= 15 is 0 Å². The first kappa shape index (κ1) is 20.4. The molecule has 1 amide bonds. The first-order valence-corrected chi connectivity index (χ1v) is 11.0. The standard InChI is InChI=1S/C24H27N7O/c1-13(21-14(2)28-30(5)16(21)4)26-24(32)18-12-19(17-9-10-17)27-23-22(18)15(3)29-31(23)20-8-6-7-11-25-20/h6-8,11-13,17H,9-10H2,1-5H3,(H,26,32). The summed E-state index contributed by atoms with van der Waals surface area (Å²) in [5, 5.41) is 13.1. The van der Waals surface area contributed by atoms with Gasteiger partial charge in [0.1, 0.15) is 0 Å². The minimum atomic E-state index is -0.171.